The zero-order valence-corrected chi connectivity index (χ0v) is 12.4. The van der Waals surface area contributed by atoms with E-state index in [0.717, 1.165) is 19.3 Å². The maximum atomic E-state index is 12.3. The van der Waals surface area contributed by atoms with Gasteiger partial charge in [0.15, 0.2) is 5.82 Å². The van der Waals surface area contributed by atoms with Crippen molar-refractivity contribution in [2.45, 2.75) is 28.9 Å². The molecule has 1 aromatic heterocycles. The molecule has 0 atom stereocenters. The lowest BCUT2D eigenvalue weighted by Crippen LogP contribution is -2.45. The molecule has 1 fully saturated rings. The predicted molar refractivity (Wildman–Crippen MR) is 77.3 cm³/mol. The Labute approximate surface area is 117 Å². The summed E-state index contributed by atoms with van der Waals surface area (Å²) in [5, 5.41) is 0. The summed E-state index contributed by atoms with van der Waals surface area (Å²) in [4.78, 5) is 3.98. The average Bonchev–Trinajstić information content (AvgIpc) is 2.38. The molecular formula is C11H18N4O2S2. The minimum atomic E-state index is -3.59. The minimum absolute atomic E-state index is 0.0472. The van der Waals surface area contributed by atoms with Crippen molar-refractivity contribution in [3.05, 3.63) is 18.3 Å². The molecule has 2 rings (SSSR count). The maximum absolute atomic E-state index is 12.3. The molecule has 6 nitrogen and oxygen atoms in total. The quantitative estimate of drug-likeness (QED) is 0.534. The number of nitrogens with zero attached hydrogens (tertiary/aromatic N) is 1. The molecule has 19 heavy (non-hydrogen) atoms. The molecule has 1 saturated carbocycles. The van der Waals surface area contributed by atoms with Crippen LogP contribution in [0.2, 0.25) is 0 Å². The predicted octanol–water partition coefficient (Wildman–Crippen LogP) is 0.931. The number of nitrogen functional groups attached to an aromatic ring is 1. The van der Waals surface area contributed by atoms with Crippen LogP contribution >= 0.6 is 11.8 Å². The highest BCUT2D eigenvalue weighted by molar-refractivity contribution is 8.00. The summed E-state index contributed by atoms with van der Waals surface area (Å²) >= 11 is 1.72. The van der Waals surface area contributed by atoms with Gasteiger partial charge in [0.2, 0.25) is 10.0 Å². The zero-order chi connectivity index (χ0) is 13.9. The van der Waals surface area contributed by atoms with Gasteiger partial charge in [-0.25, -0.2) is 24.0 Å². The van der Waals surface area contributed by atoms with Crippen molar-refractivity contribution < 1.29 is 8.42 Å². The largest absolute Gasteiger partial charge is 0.307 e. The molecule has 0 amide bonds. The van der Waals surface area contributed by atoms with E-state index in [9.17, 15) is 8.42 Å². The number of anilines is 1. The van der Waals surface area contributed by atoms with Gasteiger partial charge in [-0.15, -0.1) is 0 Å². The van der Waals surface area contributed by atoms with Gasteiger partial charge in [0.1, 0.15) is 4.90 Å². The average molecular weight is 302 g/mol. The Hall–Kier alpha value is -0.830. The number of hydrogen-bond acceptors (Lipinski definition) is 6. The van der Waals surface area contributed by atoms with E-state index < -0.39 is 10.0 Å². The van der Waals surface area contributed by atoms with Crippen molar-refractivity contribution in [1.82, 2.24) is 9.71 Å². The summed E-state index contributed by atoms with van der Waals surface area (Å²) in [5.74, 6) is 5.44. The Kier molecular flexibility index (Phi) is 4.34. The first-order valence-corrected chi connectivity index (χ1v) is 8.70. The molecule has 0 spiro atoms. The molecule has 1 heterocycles. The standard InChI is InChI=1S/C11H18N4O2S2/c1-18-11(5-3-6-11)8-14-19(16,17)9-4-2-7-13-10(9)15-12/h2,4,7,14H,3,5-6,8,12H2,1H3,(H,13,15). The van der Waals surface area contributed by atoms with E-state index in [1.807, 2.05) is 6.26 Å². The molecule has 0 saturated heterocycles. The van der Waals surface area contributed by atoms with E-state index in [2.05, 4.69) is 15.1 Å². The van der Waals surface area contributed by atoms with E-state index in [4.69, 9.17) is 5.84 Å². The second-order valence-corrected chi connectivity index (χ2v) is 7.57. The number of aromatic nitrogens is 1. The van der Waals surface area contributed by atoms with Crippen LogP contribution in [0.5, 0.6) is 0 Å². The summed E-state index contributed by atoms with van der Waals surface area (Å²) in [6.45, 7) is 0.440. The van der Waals surface area contributed by atoms with Gasteiger partial charge in [0.25, 0.3) is 0 Å². The first-order chi connectivity index (χ1) is 9.03. The Morgan fingerprint density at radius 3 is 2.79 bits per heavy atom. The number of pyridine rings is 1. The van der Waals surface area contributed by atoms with Crippen LogP contribution in [0.1, 0.15) is 19.3 Å². The summed E-state index contributed by atoms with van der Waals surface area (Å²) < 4.78 is 27.2. The van der Waals surface area contributed by atoms with Crippen LogP contribution in [0.3, 0.4) is 0 Å². The number of nitrogens with one attached hydrogen (secondary N) is 2. The van der Waals surface area contributed by atoms with Gasteiger partial charge in [0, 0.05) is 17.5 Å². The van der Waals surface area contributed by atoms with Gasteiger partial charge < -0.3 is 5.43 Å². The van der Waals surface area contributed by atoms with E-state index in [1.165, 1.54) is 12.3 Å². The molecular weight excluding hydrogens is 284 g/mol. The number of hydrogen-bond donors (Lipinski definition) is 3. The molecule has 0 aromatic carbocycles. The van der Waals surface area contributed by atoms with Gasteiger partial charge in [0.05, 0.1) is 0 Å². The van der Waals surface area contributed by atoms with Crippen LogP contribution in [0.15, 0.2) is 23.2 Å². The lowest BCUT2D eigenvalue weighted by molar-refractivity contribution is 0.362. The van der Waals surface area contributed by atoms with Crippen molar-refractivity contribution in [3.63, 3.8) is 0 Å². The molecule has 0 aliphatic heterocycles. The number of nitrogens with two attached hydrogens (primary N) is 1. The van der Waals surface area contributed by atoms with E-state index in [1.54, 1.807) is 17.8 Å². The highest BCUT2D eigenvalue weighted by Crippen LogP contribution is 2.42. The van der Waals surface area contributed by atoms with Gasteiger partial charge in [-0.3, -0.25) is 0 Å². The molecule has 8 heteroatoms. The highest BCUT2D eigenvalue weighted by Gasteiger charge is 2.37. The van der Waals surface area contributed by atoms with Crippen LogP contribution in [0.4, 0.5) is 5.82 Å². The van der Waals surface area contributed by atoms with E-state index in [0.29, 0.717) is 6.54 Å². The van der Waals surface area contributed by atoms with Crippen molar-refractivity contribution in [1.29, 1.82) is 0 Å². The number of hydrazine groups is 1. The first-order valence-electron chi connectivity index (χ1n) is 5.99. The fourth-order valence-electron chi connectivity index (χ4n) is 2.04. The summed E-state index contributed by atoms with van der Waals surface area (Å²) in [7, 11) is -3.59. The third-order valence-electron chi connectivity index (χ3n) is 3.48. The number of thioether (sulfide) groups is 1. The normalized spacial score (nSPS) is 17.8. The molecule has 4 N–H and O–H groups in total. The first kappa shape index (κ1) is 14.6. The fourth-order valence-corrected chi connectivity index (χ4v) is 4.29. The lowest BCUT2D eigenvalue weighted by atomic mass is 9.84. The third kappa shape index (κ3) is 3.02. The van der Waals surface area contributed by atoms with Crippen LogP contribution in [-0.4, -0.2) is 30.9 Å². The lowest BCUT2D eigenvalue weighted by Gasteiger charge is -2.40. The Bertz CT molecular complexity index is 538. The van der Waals surface area contributed by atoms with Gasteiger partial charge in [-0.05, 0) is 31.2 Å². The third-order valence-corrected chi connectivity index (χ3v) is 6.33. The highest BCUT2D eigenvalue weighted by atomic mass is 32.2. The van der Waals surface area contributed by atoms with Crippen LogP contribution in [-0.2, 0) is 10.0 Å². The van der Waals surface area contributed by atoms with Crippen LogP contribution in [0, 0.1) is 0 Å². The van der Waals surface area contributed by atoms with Crippen molar-refractivity contribution in [3.8, 4) is 0 Å². The van der Waals surface area contributed by atoms with Gasteiger partial charge >= 0.3 is 0 Å². The smallest absolute Gasteiger partial charge is 0.244 e. The summed E-state index contributed by atoms with van der Waals surface area (Å²) in [6.07, 6.45) is 6.76. The maximum Gasteiger partial charge on any atom is 0.244 e. The second-order valence-electron chi connectivity index (χ2n) is 4.56. The zero-order valence-electron chi connectivity index (χ0n) is 10.7. The summed E-state index contributed by atoms with van der Waals surface area (Å²) in [6, 6.07) is 3.06. The Morgan fingerprint density at radius 2 is 2.26 bits per heavy atom. The van der Waals surface area contributed by atoms with Crippen molar-refractivity contribution in [2.75, 3.05) is 18.2 Å². The summed E-state index contributed by atoms with van der Waals surface area (Å²) in [5.41, 5.74) is 2.31. The second kappa shape index (κ2) is 5.66. The molecule has 1 aliphatic carbocycles. The SMILES string of the molecule is CSC1(CNS(=O)(=O)c2cccnc2NN)CCC1. The van der Waals surface area contributed by atoms with E-state index in [-0.39, 0.29) is 15.5 Å². The minimum Gasteiger partial charge on any atom is -0.307 e. The van der Waals surface area contributed by atoms with Crippen molar-refractivity contribution in [2.24, 2.45) is 5.84 Å². The molecule has 1 aliphatic rings. The Balaban J connectivity index is 2.14. The Morgan fingerprint density at radius 1 is 1.53 bits per heavy atom. The van der Waals surface area contributed by atoms with Gasteiger partial charge in [-0.2, -0.15) is 11.8 Å². The van der Waals surface area contributed by atoms with Crippen LogP contribution < -0.4 is 16.0 Å². The van der Waals surface area contributed by atoms with E-state index >= 15 is 0 Å². The molecule has 106 valence electrons. The number of sulfonamides is 1. The topological polar surface area (TPSA) is 97.1 Å². The number of rotatable bonds is 6. The molecule has 0 bridgehead atoms. The molecule has 0 radical (unpaired) electrons. The monoisotopic (exact) mass is 302 g/mol. The molecule has 0 unspecified atom stereocenters. The molecule has 1 aromatic rings. The van der Waals surface area contributed by atoms with Gasteiger partial charge in [-0.1, -0.05) is 6.42 Å². The fraction of sp³-hybridized carbons (Fsp3) is 0.545. The van der Waals surface area contributed by atoms with Crippen molar-refractivity contribution >= 4 is 27.6 Å². The van der Waals surface area contributed by atoms with Crippen LogP contribution in [0.25, 0.3) is 0 Å².